The van der Waals surface area contributed by atoms with E-state index in [1.807, 2.05) is 12.1 Å². The second kappa shape index (κ2) is 5.25. The molecule has 0 aromatic heterocycles. The van der Waals surface area contributed by atoms with Gasteiger partial charge in [-0.05, 0) is 24.3 Å². The number of ether oxygens (including phenoxy) is 1. The van der Waals surface area contributed by atoms with Crippen molar-refractivity contribution in [2.24, 2.45) is 0 Å². The maximum atomic E-state index is 13.9. The van der Waals surface area contributed by atoms with Crippen molar-refractivity contribution >= 4 is 27.5 Å². The van der Waals surface area contributed by atoms with Crippen LogP contribution in [0.25, 0.3) is 0 Å². The Balaban J connectivity index is 1.95. The molecule has 0 bridgehead atoms. The van der Waals surface area contributed by atoms with Gasteiger partial charge in [0, 0.05) is 10.0 Å². The molecule has 0 unspecified atom stereocenters. The van der Waals surface area contributed by atoms with Crippen molar-refractivity contribution in [1.29, 1.82) is 0 Å². The zero-order chi connectivity index (χ0) is 14.1. The highest BCUT2D eigenvalue weighted by molar-refractivity contribution is 9.10. The third kappa shape index (κ3) is 2.41. The first-order chi connectivity index (χ1) is 9.65. The van der Waals surface area contributed by atoms with Crippen molar-refractivity contribution in [2.45, 2.75) is 6.54 Å². The summed E-state index contributed by atoms with van der Waals surface area (Å²) in [7, 11) is 0. The van der Waals surface area contributed by atoms with Crippen LogP contribution in [-0.4, -0.2) is 12.5 Å². The van der Waals surface area contributed by atoms with E-state index in [9.17, 15) is 9.18 Å². The van der Waals surface area contributed by atoms with Crippen LogP contribution < -0.4 is 9.64 Å². The van der Waals surface area contributed by atoms with Gasteiger partial charge in [0.2, 0.25) is 0 Å². The highest BCUT2D eigenvalue weighted by Crippen LogP contribution is 2.33. The van der Waals surface area contributed by atoms with Gasteiger partial charge in [0.05, 0.1) is 12.2 Å². The molecule has 2 aromatic rings. The van der Waals surface area contributed by atoms with Gasteiger partial charge in [0.1, 0.15) is 11.6 Å². The van der Waals surface area contributed by atoms with E-state index in [1.54, 1.807) is 29.2 Å². The molecule has 1 aliphatic rings. The second-order valence-corrected chi connectivity index (χ2v) is 5.39. The Bertz CT molecular complexity index is 675. The number of benzene rings is 2. The van der Waals surface area contributed by atoms with E-state index in [0.717, 1.165) is 0 Å². The van der Waals surface area contributed by atoms with Gasteiger partial charge in [-0.2, -0.15) is 0 Å². The molecule has 0 aliphatic carbocycles. The summed E-state index contributed by atoms with van der Waals surface area (Å²) in [5.41, 5.74) is 1.14. The normalized spacial score (nSPS) is 13.9. The van der Waals surface area contributed by atoms with Gasteiger partial charge in [0.25, 0.3) is 5.91 Å². The first-order valence-electron chi connectivity index (χ1n) is 6.11. The van der Waals surface area contributed by atoms with Crippen molar-refractivity contribution in [2.75, 3.05) is 11.5 Å². The van der Waals surface area contributed by atoms with Crippen molar-refractivity contribution in [3.63, 3.8) is 0 Å². The Kier molecular flexibility index (Phi) is 3.44. The van der Waals surface area contributed by atoms with Crippen LogP contribution in [0, 0.1) is 5.82 Å². The molecule has 0 spiro atoms. The maximum absolute atomic E-state index is 13.9. The largest absolute Gasteiger partial charge is 0.482 e. The standard InChI is InChI=1S/C15H11BrFNO2/c16-11-6-5-10(12(17)7-11)8-18-13-3-1-2-4-14(13)20-9-15(18)19/h1-7H,8-9H2. The number of halogens is 2. The van der Waals surface area contributed by atoms with Gasteiger partial charge in [-0.3, -0.25) is 4.79 Å². The smallest absolute Gasteiger partial charge is 0.265 e. The predicted molar refractivity (Wildman–Crippen MR) is 77.2 cm³/mol. The Labute approximate surface area is 124 Å². The van der Waals surface area contributed by atoms with Crippen LogP contribution >= 0.6 is 15.9 Å². The Hall–Kier alpha value is -1.88. The molecule has 20 heavy (non-hydrogen) atoms. The molecule has 0 N–H and O–H groups in total. The average Bonchev–Trinajstić information content (AvgIpc) is 2.44. The minimum Gasteiger partial charge on any atom is -0.482 e. The minimum atomic E-state index is -0.337. The Morgan fingerprint density at radius 3 is 2.85 bits per heavy atom. The van der Waals surface area contributed by atoms with E-state index in [2.05, 4.69) is 15.9 Å². The lowest BCUT2D eigenvalue weighted by Crippen LogP contribution is -2.38. The topological polar surface area (TPSA) is 29.5 Å². The fraction of sp³-hybridized carbons (Fsp3) is 0.133. The molecular formula is C15H11BrFNO2. The molecule has 3 nitrogen and oxygen atoms in total. The molecule has 0 saturated carbocycles. The highest BCUT2D eigenvalue weighted by Gasteiger charge is 2.25. The summed E-state index contributed by atoms with van der Waals surface area (Å²) >= 11 is 3.22. The number of rotatable bonds is 2. The van der Waals surface area contributed by atoms with Crippen molar-refractivity contribution < 1.29 is 13.9 Å². The van der Waals surface area contributed by atoms with Crippen LogP contribution in [0.1, 0.15) is 5.56 Å². The molecule has 5 heteroatoms. The summed E-state index contributed by atoms with van der Waals surface area (Å²) in [6.45, 7) is 0.174. The van der Waals surface area contributed by atoms with E-state index in [0.29, 0.717) is 21.5 Å². The molecule has 1 amide bonds. The van der Waals surface area contributed by atoms with Crippen LogP contribution in [0.2, 0.25) is 0 Å². The Morgan fingerprint density at radius 2 is 2.05 bits per heavy atom. The number of anilines is 1. The quantitative estimate of drug-likeness (QED) is 0.840. The molecule has 3 rings (SSSR count). The number of carbonyl (C=O) groups is 1. The molecule has 0 saturated heterocycles. The molecule has 1 heterocycles. The van der Waals surface area contributed by atoms with E-state index >= 15 is 0 Å². The molecular weight excluding hydrogens is 325 g/mol. The molecule has 1 aliphatic heterocycles. The fourth-order valence-corrected chi connectivity index (χ4v) is 2.48. The van der Waals surface area contributed by atoms with E-state index < -0.39 is 0 Å². The SMILES string of the molecule is O=C1COc2ccccc2N1Cc1ccc(Br)cc1F. The molecule has 102 valence electrons. The lowest BCUT2D eigenvalue weighted by Gasteiger charge is -2.29. The first kappa shape index (κ1) is 13.1. The summed E-state index contributed by atoms with van der Waals surface area (Å²) in [6, 6.07) is 12.1. The first-order valence-corrected chi connectivity index (χ1v) is 6.90. The third-order valence-electron chi connectivity index (χ3n) is 3.15. The zero-order valence-corrected chi connectivity index (χ0v) is 12.1. The van der Waals surface area contributed by atoms with Gasteiger partial charge < -0.3 is 9.64 Å². The number of amides is 1. The van der Waals surface area contributed by atoms with Gasteiger partial charge in [-0.1, -0.05) is 34.1 Å². The fourth-order valence-electron chi connectivity index (χ4n) is 2.15. The van der Waals surface area contributed by atoms with Crippen LogP contribution in [0.15, 0.2) is 46.9 Å². The van der Waals surface area contributed by atoms with Crippen molar-refractivity contribution in [3.8, 4) is 5.75 Å². The highest BCUT2D eigenvalue weighted by atomic mass is 79.9. The molecule has 0 fully saturated rings. The molecule has 0 radical (unpaired) electrons. The Morgan fingerprint density at radius 1 is 1.25 bits per heavy atom. The van der Waals surface area contributed by atoms with Gasteiger partial charge in [-0.15, -0.1) is 0 Å². The summed E-state index contributed by atoms with van der Waals surface area (Å²) in [4.78, 5) is 13.6. The van der Waals surface area contributed by atoms with Gasteiger partial charge >= 0.3 is 0 Å². The van der Waals surface area contributed by atoms with E-state index in [1.165, 1.54) is 6.07 Å². The average molecular weight is 336 g/mol. The lowest BCUT2D eigenvalue weighted by molar-refractivity contribution is -0.121. The summed E-state index contributed by atoms with van der Waals surface area (Å²) < 4.78 is 19.9. The maximum Gasteiger partial charge on any atom is 0.265 e. The third-order valence-corrected chi connectivity index (χ3v) is 3.65. The zero-order valence-electron chi connectivity index (χ0n) is 10.5. The molecule has 2 aromatic carbocycles. The lowest BCUT2D eigenvalue weighted by atomic mass is 10.1. The number of hydrogen-bond acceptors (Lipinski definition) is 2. The number of para-hydroxylation sites is 2. The molecule has 0 atom stereocenters. The summed E-state index contributed by atoms with van der Waals surface area (Å²) in [5.74, 6) is 0.131. The van der Waals surface area contributed by atoms with Gasteiger partial charge in [-0.25, -0.2) is 4.39 Å². The van der Waals surface area contributed by atoms with Crippen molar-refractivity contribution in [3.05, 3.63) is 58.3 Å². The van der Waals surface area contributed by atoms with Crippen LogP contribution in [0.4, 0.5) is 10.1 Å². The minimum absolute atomic E-state index is 0.0187. The van der Waals surface area contributed by atoms with Crippen LogP contribution in [-0.2, 0) is 11.3 Å². The number of nitrogens with zero attached hydrogens (tertiary/aromatic N) is 1. The van der Waals surface area contributed by atoms with E-state index in [-0.39, 0.29) is 24.9 Å². The van der Waals surface area contributed by atoms with Gasteiger partial charge in [0.15, 0.2) is 6.61 Å². The summed E-state index contributed by atoms with van der Waals surface area (Å²) in [6.07, 6.45) is 0. The second-order valence-electron chi connectivity index (χ2n) is 4.47. The van der Waals surface area contributed by atoms with Crippen molar-refractivity contribution in [1.82, 2.24) is 0 Å². The van der Waals surface area contributed by atoms with Crippen LogP contribution in [0.3, 0.4) is 0 Å². The number of hydrogen-bond donors (Lipinski definition) is 0. The monoisotopic (exact) mass is 335 g/mol. The number of carbonyl (C=O) groups excluding carboxylic acids is 1. The number of fused-ring (bicyclic) bond motifs is 1. The van der Waals surface area contributed by atoms with Crippen LogP contribution in [0.5, 0.6) is 5.75 Å². The summed E-state index contributed by atoms with van der Waals surface area (Å²) in [5, 5.41) is 0. The van der Waals surface area contributed by atoms with E-state index in [4.69, 9.17) is 4.74 Å². The predicted octanol–water partition coefficient (Wildman–Crippen LogP) is 3.51.